The number of rotatable bonds is 6. The summed E-state index contributed by atoms with van der Waals surface area (Å²) in [7, 11) is 0. The topological polar surface area (TPSA) is 0 Å². The van der Waals surface area contributed by atoms with Gasteiger partial charge in [-0.15, -0.1) is 0 Å². The van der Waals surface area contributed by atoms with Crippen molar-refractivity contribution in [2.45, 2.75) is 72.6 Å². The molecule has 0 nitrogen and oxygen atoms in total. The Bertz CT molecular complexity index is 683. The lowest BCUT2D eigenvalue weighted by Gasteiger charge is -2.34. The fourth-order valence-electron chi connectivity index (χ4n) is 4.46. The number of hydrogen-bond donors (Lipinski definition) is 0. The first-order valence-electron chi connectivity index (χ1n) is 10.1. The lowest BCUT2D eigenvalue weighted by atomic mass is 9.69. The van der Waals surface area contributed by atoms with Crippen LogP contribution >= 0.6 is 0 Å². The molecule has 0 spiro atoms. The van der Waals surface area contributed by atoms with E-state index >= 15 is 0 Å². The molecular formula is C25H34. The third-order valence-electron chi connectivity index (χ3n) is 5.97. The van der Waals surface area contributed by atoms with E-state index in [1.807, 2.05) is 0 Å². The molecule has 134 valence electrons. The van der Waals surface area contributed by atoms with Crippen LogP contribution in [0.5, 0.6) is 0 Å². The largest absolute Gasteiger partial charge is 0.0628 e. The molecule has 1 aliphatic carbocycles. The fourth-order valence-corrected chi connectivity index (χ4v) is 4.46. The van der Waals surface area contributed by atoms with Gasteiger partial charge in [0.2, 0.25) is 0 Å². The molecule has 0 saturated carbocycles. The van der Waals surface area contributed by atoms with Gasteiger partial charge in [0.15, 0.2) is 0 Å². The molecule has 3 rings (SSSR count). The zero-order valence-electron chi connectivity index (χ0n) is 16.9. The van der Waals surface area contributed by atoms with Crippen LogP contribution in [-0.2, 0) is 5.41 Å². The quantitative estimate of drug-likeness (QED) is 0.515. The Labute approximate surface area is 154 Å². The number of fused-ring (bicyclic) bond motifs is 3. The summed E-state index contributed by atoms with van der Waals surface area (Å²) in [6.07, 6.45) is 5.12. The highest BCUT2D eigenvalue weighted by molar-refractivity contribution is 5.81. The van der Waals surface area contributed by atoms with Crippen molar-refractivity contribution in [3.63, 3.8) is 0 Å². The van der Waals surface area contributed by atoms with Crippen LogP contribution in [0, 0.1) is 25.7 Å². The molecule has 2 aromatic carbocycles. The third-order valence-corrected chi connectivity index (χ3v) is 5.97. The van der Waals surface area contributed by atoms with Crippen LogP contribution in [0.15, 0.2) is 36.4 Å². The zero-order valence-corrected chi connectivity index (χ0v) is 16.9. The molecule has 0 saturated heterocycles. The van der Waals surface area contributed by atoms with Crippen molar-refractivity contribution < 1.29 is 0 Å². The molecule has 2 aromatic rings. The average molecular weight is 335 g/mol. The molecule has 0 N–H and O–H groups in total. The minimum Gasteiger partial charge on any atom is -0.0628 e. The standard InChI is InChI=1S/C25H34/c1-17(2)11-13-25(14-12-18(3)4)23-15-19(5)7-9-21(23)22-10-8-20(6)16-24(22)25/h7-10,15-18H,11-14H2,1-6H3. The second-order valence-corrected chi connectivity index (χ2v) is 9.05. The van der Waals surface area contributed by atoms with Crippen molar-refractivity contribution in [2.75, 3.05) is 0 Å². The predicted octanol–water partition coefficient (Wildman–Crippen LogP) is 7.44. The smallest absolute Gasteiger partial charge is 0.0215 e. The van der Waals surface area contributed by atoms with Crippen LogP contribution in [0.3, 0.4) is 0 Å². The summed E-state index contributed by atoms with van der Waals surface area (Å²) in [5.41, 5.74) is 9.13. The summed E-state index contributed by atoms with van der Waals surface area (Å²) >= 11 is 0. The number of benzene rings is 2. The summed E-state index contributed by atoms with van der Waals surface area (Å²) in [5, 5.41) is 0. The Morgan fingerprint density at radius 3 is 1.44 bits per heavy atom. The van der Waals surface area contributed by atoms with Gasteiger partial charge < -0.3 is 0 Å². The molecule has 0 fully saturated rings. The molecular weight excluding hydrogens is 300 g/mol. The van der Waals surface area contributed by atoms with Crippen LogP contribution in [0.4, 0.5) is 0 Å². The summed E-state index contributed by atoms with van der Waals surface area (Å²) in [6.45, 7) is 13.9. The van der Waals surface area contributed by atoms with Crippen LogP contribution in [-0.4, -0.2) is 0 Å². The van der Waals surface area contributed by atoms with Gasteiger partial charge in [-0.25, -0.2) is 0 Å². The van der Waals surface area contributed by atoms with E-state index in [0.29, 0.717) is 0 Å². The Kier molecular flexibility index (Phi) is 5.09. The van der Waals surface area contributed by atoms with Gasteiger partial charge in [0.1, 0.15) is 0 Å². The van der Waals surface area contributed by atoms with Crippen LogP contribution in [0.25, 0.3) is 11.1 Å². The second-order valence-electron chi connectivity index (χ2n) is 9.05. The number of aryl methyl sites for hydroxylation is 2. The van der Waals surface area contributed by atoms with Crippen molar-refractivity contribution in [2.24, 2.45) is 11.8 Å². The molecule has 0 amide bonds. The normalized spacial score (nSPS) is 14.9. The summed E-state index contributed by atoms with van der Waals surface area (Å²) in [4.78, 5) is 0. The SMILES string of the molecule is Cc1ccc2c(c1)C(CCC(C)C)(CCC(C)C)c1cc(C)ccc1-2. The molecule has 0 aromatic heterocycles. The molecule has 0 unspecified atom stereocenters. The van der Waals surface area contributed by atoms with Gasteiger partial charge in [0.05, 0.1) is 0 Å². The van der Waals surface area contributed by atoms with E-state index in [4.69, 9.17) is 0 Å². The maximum Gasteiger partial charge on any atom is 0.0215 e. The summed E-state index contributed by atoms with van der Waals surface area (Å²) < 4.78 is 0. The highest BCUT2D eigenvalue weighted by atomic mass is 14.5. The summed E-state index contributed by atoms with van der Waals surface area (Å²) in [6, 6.07) is 14.3. The highest BCUT2D eigenvalue weighted by Gasteiger charge is 2.42. The van der Waals surface area contributed by atoms with Crippen molar-refractivity contribution in [1.29, 1.82) is 0 Å². The van der Waals surface area contributed by atoms with E-state index in [9.17, 15) is 0 Å². The fraction of sp³-hybridized carbons (Fsp3) is 0.520. The monoisotopic (exact) mass is 334 g/mol. The van der Waals surface area contributed by atoms with E-state index < -0.39 is 0 Å². The highest BCUT2D eigenvalue weighted by Crippen LogP contribution is 2.54. The molecule has 25 heavy (non-hydrogen) atoms. The molecule has 0 radical (unpaired) electrons. The maximum absolute atomic E-state index is 2.48. The molecule has 0 atom stereocenters. The van der Waals surface area contributed by atoms with E-state index in [2.05, 4.69) is 77.9 Å². The van der Waals surface area contributed by atoms with Crippen molar-refractivity contribution >= 4 is 0 Å². The molecule has 0 bridgehead atoms. The van der Waals surface area contributed by atoms with Crippen molar-refractivity contribution in [1.82, 2.24) is 0 Å². The van der Waals surface area contributed by atoms with Crippen molar-refractivity contribution in [3.05, 3.63) is 58.7 Å². The molecule has 0 aliphatic heterocycles. The van der Waals surface area contributed by atoms with Gasteiger partial charge in [-0.1, -0.05) is 75.2 Å². The van der Waals surface area contributed by atoms with Crippen LogP contribution < -0.4 is 0 Å². The first-order valence-corrected chi connectivity index (χ1v) is 10.1. The molecule has 0 heterocycles. The van der Waals surface area contributed by atoms with E-state index in [-0.39, 0.29) is 5.41 Å². The Morgan fingerprint density at radius 2 is 1.08 bits per heavy atom. The third kappa shape index (κ3) is 3.41. The second kappa shape index (κ2) is 6.98. The Balaban J connectivity index is 2.20. The van der Waals surface area contributed by atoms with Gasteiger partial charge in [-0.2, -0.15) is 0 Å². The minimum atomic E-state index is 0.206. The predicted molar refractivity (Wildman–Crippen MR) is 110 cm³/mol. The van der Waals surface area contributed by atoms with Gasteiger partial charge >= 0.3 is 0 Å². The van der Waals surface area contributed by atoms with E-state index in [1.54, 1.807) is 11.1 Å². The lowest BCUT2D eigenvalue weighted by Crippen LogP contribution is -2.27. The van der Waals surface area contributed by atoms with Gasteiger partial charge in [0, 0.05) is 5.41 Å². The average Bonchev–Trinajstić information content (AvgIpc) is 2.80. The first-order chi connectivity index (χ1) is 11.8. The van der Waals surface area contributed by atoms with Crippen LogP contribution in [0.2, 0.25) is 0 Å². The van der Waals surface area contributed by atoms with Gasteiger partial charge in [0.25, 0.3) is 0 Å². The molecule has 0 heteroatoms. The van der Waals surface area contributed by atoms with Gasteiger partial charge in [-0.05, 0) is 73.6 Å². The van der Waals surface area contributed by atoms with Crippen molar-refractivity contribution in [3.8, 4) is 11.1 Å². The van der Waals surface area contributed by atoms with Crippen LogP contribution in [0.1, 0.15) is 75.6 Å². The zero-order chi connectivity index (χ0) is 18.2. The summed E-state index contributed by atoms with van der Waals surface area (Å²) in [5.74, 6) is 1.50. The maximum atomic E-state index is 2.48. The molecule has 1 aliphatic rings. The number of hydrogen-bond acceptors (Lipinski definition) is 0. The van der Waals surface area contributed by atoms with Gasteiger partial charge in [-0.3, -0.25) is 0 Å². The minimum absolute atomic E-state index is 0.206. The Morgan fingerprint density at radius 1 is 0.680 bits per heavy atom. The lowest BCUT2D eigenvalue weighted by molar-refractivity contribution is 0.364. The first kappa shape index (κ1) is 18.2. The Hall–Kier alpha value is -1.56. The van der Waals surface area contributed by atoms with E-state index in [1.165, 1.54) is 47.9 Å². The van der Waals surface area contributed by atoms with E-state index in [0.717, 1.165) is 11.8 Å².